The predicted molar refractivity (Wildman–Crippen MR) is 72.2 cm³/mol. The Balaban J connectivity index is 1.97. The van der Waals surface area contributed by atoms with Crippen LogP contribution in [-0.4, -0.2) is 6.04 Å². The Morgan fingerprint density at radius 2 is 1.55 bits per heavy atom. The minimum absolute atomic E-state index is 0.172. The van der Waals surface area contributed by atoms with E-state index in [-0.39, 0.29) is 6.04 Å². The van der Waals surface area contributed by atoms with Crippen molar-refractivity contribution < 1.29 is 13.2 Å². The predicted octanol–water partition coefficient (Wildman–Crippen LogP) is 4.19. The number of hydrogen-bond acceptors (Lipinski definition) is 1. The third-order valence-corrected chi connectivity index (χ3v) is 3.72. The summed E-state index contributed by atoms with van der Waals surface area (Å²) in [6, 6.07) is 13.2. The Labute approximate surface area is 115 Å². The van der Waals surface area contributed by atoms with Crippen molar-refractivity contribution in [2.24, 2.45) is 5.73 Å². The van der Waals surface area contributed by atoms with Gasteiger partial charge >= 0.3 is 6.18 Å². The van der Waals surface area contributed by atoms with Crippen molar-refractivity contribution in [1.82, 2.24) is 0 Å². The Morgan fingerprint density at radius 1 is 0.950 bits per heavy atom. The average Bonchev–Trinajstić information content (AvgIpc) is 3.15. The number of halogens is 3. The first-order chi connectivity index (χ1) is 9.47. The van der Waals surface area contributed by atoms with Gasteiger partial charge in [0, 0.05) is 12.0 Å². The minimum Gasteiger partial charge on any atom is -0.327 e. The zero-order valence-corrected chi connectivity index (χ0v) is 10.7. The van der Waals surface area contributed by atoms with Crippen molar-refractivity contribution >= 4 is 0 Å². The lowest BCUT2D eigenvalue weighted by Gasteiger charge is -2.11. The van der Waals surface area contributed by atoms with Crippen LogP contribution in [0.3, 0.4) is 0 Å². The summed E-state index contributed by atoms with van der Waals surface area (Å²) in [5.74, 6) is 0.327. The molecule has 3 rings (SSSR count). The van der Waals surface area contributed by atoms with Gasteiger partial charge in [-0.05, 0) is 35.2 Å². The van der Waals surface area contributed by atoms with E-state index >= 15 is 0 Å². The first-order valence-corrected chi connectivity index (χ1v) is 6.49. The van der Waals surface area contributed by atoms with Crippen molar-refractivity contribution in [3.63, 3.8) is 0 Å². The molecule has 0 radical (unpaired) electrons. The Kier molecular flexibility index (Phi) is 3.05. The van der Waals surface area contributed by atoms with Crippen molar-refractivity contribution in [3.05, 3.63) is 59.7 Å². The average molecular weight is 277 g/mol. The van der Waals surface area contributed by atoms with Crippen LogP contribution in [0.25, 0.3) is 11.1 Å². The summed E-state index contributed by atoms with van der Waals surface area (Å²) < 4.78 is 37.7. The number of alkyl halides is 3. The lowest BCUT2D eigenvalue weighted by Crippen LogP contribution is -2.04. The molecular weight excluding hydrogens is 263 g/mol. The molecule has 1 aliphatic rings. The molecule has 0 aliphatic heterocycles. The Bertz CT molecular complexity index is 616. The SMILES string of the molecule is NC1CC1c1ccccc1-c1ccc(C(F)(F)F)cc1. The fourth-order valence-electron chi connectivity index (χ4n) is 2.49. The highest BCUT2D eigenvalue weighted by molar-refractivity contribution is 5.69. The van der Waals surface area contributed by atoms with E-state index < -0.39 is 11.7 Å². The van der Waals surface area contributed by atoms with Crippen LogP contribution in [-0.2, 0) is 6.18 Å². The molecule has 0 saturated heterocycles. The molecule has 2 atom stereocenters. The Hall–Kier alpha value is -1.81. The quantitative estimate of drug-likeness (QED) is 0.875. The van der Waals surface area contributed by atoms with Crippen molar-refractivity contribution in [1.29, 1.82) is 0 Å². The van der Waals surface area contributed by atoms with Crippen LogP contribution in [0.1, 0.15) is 23.5 Å². The van der Waals surface area contributed by atoms with E-state index in [1.54, 1.807) is 0 Å². The van der Waals surface area contributed by atoms with E-state index in [0.717, 1.165) is 35.2 Å². The summed E-state index contributed by atoms with van der Waals surface area (Å²) in [6.07, 6.45) is -3.35. The van der Waals surface area contributed by atoms with Gasteiger partial charge in [-0.25, -0.2) is 0 Å². The van der Waals surface area contributed by atoms with Crippen molar-refractivity contribution in [2.45, 2.75) is 24.6 Å². The fourth-order valence-corrected chi connectivity index (χ4v) is 2.49. The van der Waals surface area contributed by atoms with Gasteiger partial charge in [-0.15, -0.1) is 0 Å². The summed E-state index contributed by atoms with van der Waals surface area (Å²) in [5, 5.41) is 0. The number of hydrogen-bond donors (Lipinski definition) is 1. The second kappa shape index (κ2) is 4.63. The van der Waals surface area contributed by atoms with E-state index in [4.69, 9.17) is 5.73 Å². The Morgan fingerprint density at radius 3 is 2.10 bits per heavy atom. The highest BCUT2D eigenvalue weighted by Gasteiger charge is 2.36. The molecule has 0 bridgehead atoms. The molecule has 4 heteroatoms. The van der Waals surface area contributed by atoms with Gasteiger partial charge in [-0.3, -0.25) is 0 Å². The molecular formula is C16H14F3N. The third kappa shape index (κ3) is 2.43. The van der Waals surface area contributed by atoms with Crippen LogP contribution in [0.15, 0.2) is 48.5 Å². The van der Waals surface area contributed by atoms with Crippen LogP contribution < -0.4 is 5.73 Å². The van der Waals surface area contributed by atoms with Gasteiger partial charge in [0.2, 0.25) is 0 Å². The lowest BCUT2D eigenvalue weighted by molar-refractivity contribution is -0.137. The van der Waals surface area contributed by atoms with Crippen LogP contribution in [0, 0.1) is 0 Å². The second-order valence-electron chi connectivity index (χ2n) is 5.17. The van der Waals surface area contributed by atoms with Gasteiger partial charge in [0.15, 0.2) is 0 Å². The number of benzene rings is 2. The van der Waals surface area contributed by atoms with E-state index in [1.165, 1.54) is 12.1 Å². The highest BCUT2D eigenvalue weighted by atomic mass is 19.4. The topological polar surface area (TPSA) is 26.0 Å². The zero-order valence-electron chi connectivity index (χ0n) is 10.7. The summed E-state index contributed by atoms with van der Waals surface area (Å²) in [5.41, 5.74) is 8.15. The number of nitrogens with two attached hydrogens (primary N) is 1. The molecule has 20 heavy (non-hydrogen) atoms. The maximum Gasteiger partial charge on any atom is 0.416 e. The molecule has 2 aromatic carbocycles. The second-order valence-corrected chi connectivity index (χ2v) is 5.17. The van der Waals surface area contributed by atoms with Crippen LogP contribution in [0.4, 0.5) is 13.2 Å². The van der Waals surface area contributed by atoms with Gasteiger partial charge in [0.25, 0.3) is 0 Å². The lowest BCUT2D eigenvalue weighted by atomic mass is 9.96. The van der Waals surface area contributed by atoms with E-state index in [2.05, 4.69) is 0 Å². The van der Waals surface area contributed by atoms with Crippen molar-refractivity contribution in [2.75, 3.05) is 0 Å². The van der Waals surface area contributed by atoms with E-state index in [0.29, 0.717) is 5.92 Å². The molecule has 0 amide bonds. The summed E-state index contributed by atoms with van der Waals surface area (Å²) >= 11 is 0. The summed E-state index contributed by atoms with van der Waals surface area (Å²) in [7, 11) is 0. The number of rotatable bonds is 2. The molecule has 104 valence electrons. The standard InChI is InChI=1S/C16H14F3N/c17-16(18,19)11-7-5-10(6-8-11)12-3-1-2-4-13(12)14-9-15(14)20/h1-8,14-15H,9,20H2. The molecule has 1 fully saturated rings. The van der Waals surface area contributed by atoms with Crippen LogP contribution in [0.2, 0.25) is 0 Å². The monoisotopic (exact) mass is 277 g/mol. The minimum atomic E-state index is -4.29. The van der Waals surface area contributed by atoms with Crippen LogP contribution in [0.5, 0.6) is 0 Å². The van der Waals surface area contributed by atoms with E-state index in [1.807, 2.05) is 24.3 Å². The normalized spacial score (nSPS) is 21.8. The molecule has 2 N–H and O–H groups in total. The molecule has 1 nitrogen and oxygen atoms in total. The smallest absolute Gasteiger partial charge is 0.327 e. The fraction of sp³-hybridized carbons (Fsp3) is 0.250. The van der Waals surface area contributed by atoms with Gasteiger partial charge in [-0.2, -0.15) is 13.2 Å². The van der Waals surface area contributed by atoms with Gasteiger partial charge < -0.3 is 5.73 Å². The molecule has 0 spiro atoms. The first kappa shape index (κ1) is 13.2. The maximum absolute atomic E-state index is 12.6. The maximum atomic E-state index is 12.6. The molecule has 1 saturated carbocycles. The molecule has 2 aromatic rings. The third-order valence-electron chi connectivity index (χ3n) is 3.72. The highest BCUT2D eigenvalue weighted by Crippen LogP contribution is 2.43. The summed E-state index contributed by atoms with van der Waals surface area (Å²) in [4.78, 5) is 0. The summed E-state index contributed by atoms with van der Waals surface area (Å²) in [6.45, 7) is 0. The molecule has 0 aromatic heterocycles. The molecule has 1 aliphatic carbocycles. The first-order valence-electron chi connectivity index (χ1n) is 6.49. The van der Waals surface area contributed by atoms with Gasteiger partial charge in [0.1, 0.15) is 0 Å². The largest absolute Gasteiger partial charge is 0.416 e. The van der Waals surface area contributed by atoms with Crippen LogP contribution >= 0.6 is 0 Å². The van der Waals surface area contributed by atoms with E-state index in [9.17, 15) is 13.2 Å². The van der Waals surface area contributed by atoms with Gasteiger partial charge in [-0.1, -0.05) is 36.4 Å². The van der Waals surface area contributed by atoms with Gasteiger partial charge in [0.05, 0.1) is 5.56 Å². The van der Waals surface area contributed by atoms with Crippen molar-refractivity contribution in [3.8, 4) is 11.1 Å². The molecule has 0 heterocycles. The molecule has 2 unspecified atom stereocenters. The zero-order chi connectivity index (χ0) is 14.3.